The average Bonchev–Trinajstić information content (AvgIpc) is 3.20. The van der Waals surface area contributed by atoms with E-state index in [-0.39, 0.29) is 29.2 Å². The number of thiazole rings is 1. The molecule has 7 nitrogen and oxygen atoms in total. The number of aryl methyl sites for hydroxylation is 1. The van der Waals surface area contributed by atoms with Gasteiger partial charge in [-0.15, -0.1) is 11.3 Å². The summed E-state index contributed by atoms with van der Waals surface area (Å²) in [5, 5.41) is 5.15. The first-order valence-corrected chi connectivity index (χ1v) is 11.8. The number of nitrogens with one attached hydrogen (secondary N) is 1. The quantitative estimate of drug-likeness (QED) is 0.561. The molecular weight excluding hydrogens is 434 g/mol. The van der Waals surface area contributed by atoms with E-state index in [4.69, 9.17) is 0 Å². The Labute approximate surface area is 185 Å². The fraction of sp³-hybridized carbons (Fsp3) is 0.227. The van der Waals surface area contributed by atoms with Gasteiger partial charge >= 0.3 is 0 Å². The maximum atomic E-state index is 12.4. The van der Waals surface area contributed by atoms with Crippen LogP contribution in [0.3, 0.4) is 0 Å². The topological polar surface area (TPSA) is 96.4 Å². The van der Waals surface area contributed by atoms with Crippen LogP contribution in [0.25, 0.3) is 11.3 Å². The molecule has 0 unspecified atom stereocenters. The van der Waals surface area contributed by atoms with Crippen molar-refractivity contribution >= 4 is 33.1 Å². The molecule has 3 aromatic rings. The highest BCUT2D eigenvalue weighted by Crippen LogP contribution is 2.25. The molecule has 9 heteroatoms. The van der Waals surface area contributed by atoms with Crippen LogP contribution in [0, 0.1) is 6.92 Å². The Bertz CT molecular complexity index is 1220. The number of ketones is 1. The van der Waals surface area contributed by atoms with E-state index in [0.717, 1.165) is 21.1 Å². The molecule has 0 radical (unpaired) electrons. The molecule has 3 rings (SSSR count). The number of carbonyl (C=O) groups is 2. The van der Waals surface area contributed by atoms with Gasteiger partial charge in [0.2, 0.25) is 10.0 Å². The molecule has 31 heavy (non-hydrogen) atoms. The number of nitrogens with zero attached hydrogens (tertiary/aromatic N) is 2. The van der Waals surface area contributed by atoms with E-state index in [2.05, 4.69) is 10.3 Å². The van der Waals surface area contributed by atoms with Crippen LogP contribution in [0.1, 0.15) is 20.9 Å². The third kappa shape index (κ3) is 5.43. The fourth-order valence-electron chi connectivity index (χ4n) is 2.90. The highest BCUT2D eigenvalue weighted by molar-refractivity contribution is 7.89. The van der Waals surface area contributed by atoms with Gasteiger partial charge in [-0.05, 0) is 30.7 Å². The molecule has 1 heterocycles. The normalized spacial score (nSPS) is 11.5. The number of aromatic nitrogens is 1. The van der Waals surface area contributed by atoms with Gasteiger partial charge < -0.3 is 5.32 Å². The van der Waals surface area contributed by atoms with Gasteiger partial charge in [0.05, 0.1) is 23.6 Å². The minimum absolute atomic E-state index is 0.0167. The van der Waals surface area contributed by atoms with Gasteiger partial charge in [0.1, 0.15) is 5.01 Å². The van der Waals surface area contributed by atoms with E-state index in [1.807, 2.05) is 36.6 Å². The van der Waals surface area contributed by atoms with Crippen molar-refractivity contribution in [1.29, 1.82) is 0 Å². The van der Waals surface area contributed by atoms with Crippen LogP contribution in [-0.2, 0) is 21.2 Å². The molecule has 2 aromatic carbocycles. The van der Waals surface area contributed by atoms with E-state index in [1.165, 1.54) is 49.7 Å². The lowest BCUT2D eigenvalue weighted by molar-refractivity contribution is -0.117. The van der Waals surface area contributed by atoms with Crippen LogP contribution in [0.2, 0.25) is 0 Å². The summed E-state index contributed by atoms with van der Waals surface area (Å²) in [6, 6.07) is 13.6. The number of benzene rings is 2. The molecule has 1 N–H and O–H groups in total. The third-order valence-corrected chi connectivity index (χ3v) is 7.30. The van der Waals surface area contributed by atoms with Crippen LogP contribution in [0.5, 0.6) is 0 Å². The van der Waals surface area contributed by atoms with Crippen molar-refractivity contribution in [3.63, 3.8) is 0 Å². The summed E-state index contributed by atoms with van der Waals surface area (Å²) in [6.07, 6.45) is 0.117. The molecule has 0 fully saturated rings. The van der Waals surface area contributed by atoms with Gasteiger partial charge in [0, 0.05) is 30.6 Å². The highest BCUT2D eigenvalue weighted by atomic mass is 32.2. The van der Waals surface area contributed by atoms with Gasteiger partial charge in [-0.2, -0.15) is 0 Å². The lowest BCUT2D eigenvalue weighted by Gasteiger charge is -2.12. The standard InChI is InChI=1S/C22H23N3O4S2/c1-15-7-4-5-10-19(15)20-14-30-21(24-20)12-17(26)13-23-22(27)16-8-6-9-18(11-16)31(28,29)25(2)3/h4-11,14H,12-13H2,1-3H3,(H,23,27). The first-order valence-electron chi connectivity index (χ1n) is 9.51. The third-order valence-electron chi connectivity index (χ3n) is 4.64. The van der Waals surface area contributed by atoms with Gasteiger partial charge in [-0.3, -0.25) is 9.59 Å². The zero-order valence-corrected chi connectivity index (χ0v) is 19.1. The van der Waals surface area contributed by atoms with Gasteiger partial charge in [0.25, 0.3) is 5.91 Å². The summed E-state index contributed by atoms with van der Waals surface area (Å²) in [5.41, 5.74) is 3.13. The number of Topliss-reactive ketones (excluding diaryl/α,β-unsaturated/α-hetero) is 1. The maximum absolute atomic E-state index is 12.4. The van der Waals surface area contributed by atoms with Crippen molar-refractivity contribution in [2.75, 3.05) is 20.6 Å². The smallest absolute Gasteiger partial charge is 0.251 e. The highest BCUT2D eigenvalue weighted by Gasteiger charge is 2.19. The zero-order chi connectivity index (χ0) is 22.6. The van der Waals surface area contributed by atoms with Crippen LogP contribution in [0.4, 0.5) is 0 Å². The van der Waals surface area contributed by atoms with Gasteiger partial charge in [-0.1, -0.05) is 30.3 Å². The second kappa shape index (κ2) is 9.51. The van der Waals surface area contributed by atoms with Crippen molar-refractivity contribution in [2.45, 2.75) is 18.2 Å². The number of hydrogen-bond donors (Lipinski definition) is 1. The summed E-state index contributed by atoms with van der Waals surface area (Å²) >= 11 is 1.40. The average molecular weight is 458 g/mol. The summed E-state index contributed by atoms with van der Waals surface area (Å²) in [4.78, 5) is 29.3. The predicted molar refractivity (Wildman–Crippen MR) is 121 cm³/mol. The SMILES string of the molecule is Cc1ccccc1-c1csc(CC(=O)CNC(=O)c2cccc(S(=O)(=O)N(C)C)c2)n1. The Hall–Kier alpha value is -2.88. The molecular formula is C22H23N3O4S2. The zero-order valence-electron chi connectivity index (χ0n) is 17.5. The van der Waals surface area contributed by atoms with Crippen LogP contribution >= 0.6 is 11.3 Å². The number of carbonyl (C=O) groups excluding carboxylic acids is 2. The number of rotatable bonds is 8. The second-order valence-electron chi connectivity index (χ2n) is 7.15. The van der Waals surface area contributed by atoms with Crippen LogP contribution in [-0.4, -0.2) is 50.0 Å². The van der Waals surface area contributed by atoms with Crippen molar-refractivity contribution in [2.24, 2.45) is 0 Å². The Balaban J connectivity index is 1.61. The van der Waals surface area contributed by atoms with Crippen molar-refractivity contribution in [3.05, 3.63) is 70.0 Å². The monoisotopic (exact) mass is 457 g/mol. The predicted octanol–water partition coefficient (Wildman–Crippen LogP) is 2.91. The largest absolute Gasteiger partial charge is 0.345 e. The van der Waals surface area contributed by atoms with E-state index in [0.29, 0.717) is 5.01 Å². The summed E-state index contributed by atoms with van der Waals surface area (Å²) < 4.78 is 25.5. The van der Waals surface area contributed by atoms with E-state index >= 15 is 0 Å². The lowest BCUT2D eigenvalue weighted by atomic mass is 10.1. The minimum Gasteiger partial charge on any atom is -0.345 e. The number of hydrogen-bond acceptors (Lipinski definition) is 6. The molecule has 162 valence electrons. The Morgan fingerprint density at radius 1 is 1.10 bits per heavy atom. The Morgan fingerprint density at radius 3 is 2.55 bits per heavy atom. The van der Waals surface area contributed by atoms with E-state index < -0.39 is 15.9 Å². The van der Waals surface area contributed by atoms with Crippen LogP contribution < -0.4 is 5.32 Å². The molecule has 0 aliphatic carbocycles. The first-order chi connectivity index (χ1) is 14.7. The van der Waals surface area contributed by atoms with E-state index in [9.17, 15) is 18.0 Å². The van der Waals surface area contributed by atoms with Gasteiger partial charge in [-0.25, -0.2) is 17.7 Å². The molecule has 0 saturated heterocycles. The maximum Gasteiger partial charge on any atom is 0.251 e. The summed E-state index contributed by atoms with van der Waals surface area (Å²) in [7, 11) is -0.808. The molecule has 1 aromatic heterocycles. The minimum atomic E-state index is -3.65. The van der Waals surface area contributed by atoms with Crippen LogP contribution in [0.15, 0.2) is 58.8 Å². The molecule has 0 bridgehead atoms. The molecule has 0 spiro atoms. The van der Waals surface area contributed by atoms with Crippen molar-refractivity contribution in [1.82, 2.24) is 14.6 Å². The second-order valence-corrected chi connectivity index (χ2v) is 10.2. The van der Waals surface area contributed by atoms with Crippen molar-refractivity contribution < 1.29 is 18.0 Å². The summed E-state index contributed by atoms with van der Waals surface area (Å²) in [6.45, 7) is 1.84. The first kappa shape index (κ1) is 22.8. The molecule has 0 aliphatic rings. The lowest BCUT2D eigenvalue weighted by Crippen LogP contribution is -2.30. The van der Waals surface area contributed by atoms with E-state index in [1.54, 1.807) is 0 Å². The fourth-order valence-corrected chi connectivity index (χ4v) is 4.67. The Kier molecular flexibility index (Phi) is 6.99. The Morgan fingerprint density at radius 2 is 1.84 bits per heavy atom. The number of amides is 1. The molecule has 0 aliphatic heterocycles. The molecule has 0 saturated carbocycles. The summed E-state index contributed by atoms with van der Waals surface area (Å²) in [5.74, 6) is -0.694. The molecule has 0 atom stereocenters. The molecule has 1 amide bonds. The number of sulfonamides is 1. The van der Waals surface area contributed by atoms with Gasteiger partial charge in [0.15, 0.2) is 5.78 Å². The van der Waals surface area contributed by atoms with Crippen molar-refractivity contribution in [3.8, 4) is 11.3 Å².